The molecular weight excluding hydrogens is 242 g/mol. The van der Waals surface area contributed by atoms with Gasteiger partial charge in [-0.15, -0.1) is 0 Å². The summed E-state index contributed by atoms with van der Waals surface area (Å²) in [7, 11) is 3.30. The molecule has 2 aromatic rings. The second kappa shape index (κ2) is 6.04. The van der Waals surface area contributed by atoms with Gasteiger partial charge in [-0.05, 0) is 25.1 Å². The Labute approximate surface area is 112 Å². The molecule has 5 heteroatoms. The summed E-state index contributed by atoms with van der Waals surface area (Å²) in [5.41, 5.74) is 1.88. The number of hydrogen-bond acceptors (Lipinski definition) is 5. The van der Waals surface area contributed by atoms with Crippen molar-refractivity contribution in [3.8, 4) is 11.5 Å². The van der Waals surface area contributed by atoms with Gasteiger partial charge in [0.25, 0.3) is 0 Å². The molecule has 1 heterocycles. The molecule has 1 aromatic heterocycles. The Morgan fingerprint density at radius 1 is 1.11 bits per heavy atom. The Balaban J connectivity index is 2.24. The third-order valence-corrected chi connectivity index (χ3v) is 2.85. The lowest BCUT2D eigenvalue weighted by Gasteiger charge is -2.18. The van der Waals surface area contributed by atoms with Gasteiger partial charge in [0, 0.05) is 5.56 Å². The molecule has 0 aliphatic carbocycles. The number of aromatic nitrogens is 2. The smallest absolute Gasteiger partial charge is 0.124 e. The molecule has 5 nitrogen and oxygen atoms in total. The highest BCUT2D eigenvalue weighted by Crippen LogP contribution is 2.30. The van der Waals surface area contributed by atoms with Gasteiger partial charge in [-0.25, -0.2) is 9.97 Å². The predicted octanol–water partition coefficient (Wildman–Crippen LogP) is 2.67. The molecular formula is C14H17N3O2. The highest BCUT2D eigenvalue weighted by Gasteiger charge is 2.12. The molecule has 19 heavy (non-hydrogen) atoms. The highest BCUT2D eigenvalue weighted by molar-refractivity contribution is 5.47. The summed E-state index contributed by atoms with van der Waals surface area (Å²) >= 11 is 0. The van der Waals surface area contributed by atoms with E-state index in [1.54, 1.807) is 26.6 Å². The predicted molar refractivity (Wildman–Crippen MR) is 73.6 cm³/mol. The lowest BCUT2D eigenvalue weighted by atomic mass is 10.1. The summed E-state index contributed by atoms with van der Waals surface area (Å²) in [5, 5.41) is 3.32. The monoisotopic (exact) mass is 259 g/mol. The van der Waals surface area contributed by atoms with Crippen molar-refractivity contribution in [2.75, 3.05) is 19.5 Å². The number of ether oxygens (including phenoxy) is 2. The average molecular weight is 259 g/mol. The van der Waals surface area contributed by atoms with Crippen molar-refractivity contribution in [3.05, 3.63) is 42.5 Å². The number of anilines is 1. The summed E-state index contributed by atoms with van der Waals surface area (Å²) < 4.78 is 10.6. The normalized spacial score (nSPS) is 11.7. The third kappa shape index (κ3) is 3.13. The van der Waals surface area contributed by atoms with Gasteiger partial charge < -0.3 is 14.8 Å². The molecule has 0 saturated carbocycles. The summed E-state index contributed by atoms with van der Waals surface area (Å²) in [6.45, 7) is 2.05. The van der Waals surface area contributed by atoms with E-state index in [9.17, 15) is 0 Å². The summed E-state index contributed by atoms with van der Waals surface area (Å²) in [6, 6.07) is 5.78. The second-order valence-electron chi connectivity index (χ2n) is 4.10. The molecule has 0 spiro atoms. The van der Waals surface area contributed by atoms with Gasteiger partial charge in [0.1, 0.15) is 17.8 Å². The number of methoxy groups -OCH3 is 2. The maximum Gasteiger partial charge on any atom is 0.124 e. The molecule has 0 bridgehead atoms. The van der Waals surface area contributed by atoms with Crippen molar-refractivity contribution < 1.29 is 9.47 Å². The summed E-state index contributed by atoms with van der Waals surface area (Å²) in [4.78, 5) is 7.96. The van der Waals surface area contributed by atoms with Crippen LogP contribution in [-0.2, 0) is 0 Å². The fourth-order valence-electron chi connectivity index (χ4n) is 1.88. The van der Waals surface area contributed by atoms with E-state index in [1.165, 1.54) is 6.33 Å². The zero-order valence-electron chi connectivity index (χ0n) is 11.3. The average Bonchev–Trinajstić information content (AvgIpc) is 2.47. The van der Waals surface area contributed by atoms with E-state index in [0.717, 1.165) is 22.7 Å². The van der Waals surface area contributed by atoms with E-state index in [-0.39, 0.29) is 6.04 Å². The number of hydrogen-bond donors (Lipinski definition) is 1. The van der Waals surface area contributed by atoms with Crippen molar-refractivity contribution in [2.45, 2.75) is 13.0 Å². The molecule has 2 rings (SSSR count). The van der Waals surface area contributed by atoms with Gasteiger partial charge in [0.05, 0.1) is 38.3 Å². The van der Waals surface area contributed by atoms with Crippen LogP contribution in [0.5, 0.6) is 11.5 Å². The van der Waals surface area contributed by atoms with Crippen molar-refractivity contribution in [3.63, 3.8) is 0 Å². The SMILES string of the molecule is COc1ccc(OC)c(C(C)Nc2cncnc2)c1. The van der Waals surface area contributed by atoms with Crippen molar-refractivity contribution in [1.82, 2.24) is 9.97 Å². The lowest BCUT2D eigenvalue weighted by Crippen LogP contribution is -2.08. The van der Waals surface area contributed by atoms with Crippen LogP contribution in [0.15, 0.2) is 36.9 Å². The second-order valence-corrected chi connectivity index (χ2v) is 4.10. The molecule has 100 valence electrons. The fraction of sp³-hybridized carbons (Fsp3) is 0.286. The first kappa shape index (κ1) is 13.1. The first-order chi connectivity index (χ1) is 9.24. The van der Waals surface area contributed by atoms with Crippen molar-refractivity contribution in [1.29, 1.82) is 0 Å². The maximum atomic E-state index is 5.38. The molecule has 1 aromatic carbocycles. The van der Waals surface area contributed by atoms with Crippen LogP contribution < -0.4 is 14.8 Å². The fourth-order valence-corrected chi connectivity index (χ4v) is 1.88. The Bertz CT molecular complexity index is 531. The van der Waals surface area contributed by atoms with Gasteiger partial charge in [-0.2, -0.15) is 0 Å². The van der Waals surface area contributed by atoms with Crippen LogP contribution in [0.3, 0.4) is 0 Å². The molecule has 0 aliphatic heterocycles. The van der Waals surface area contributed by atoms with Crippen molar-refractivity contribution >= 4 is 5.69 Å². The number of rotatable bonds is 5. The molecule has 0 radical (unpaired) electrons. The molecule has 1 atom stereocenters. The van der Waals surface area contributed by atoms with E-state index in [2.05, 4.69) is 15.3 Å². The zero-order chi connectivity index (χ0) is 13.7. The molecule has 1 unspecified atom stereocenters. The van der Waals surface area contributed by atoms with Crippen molar-refractivity contribution in [2.24, 2.45) is 0 Å². The molecule has 0 fully saturated rings. The summed E-state index contributed by atoms with van der Waals surface area (Å²) in [5.74, 6) is 1.62. The van der Waals surface area contributed by atoms with E-state index in [1.807, 2.05) is 25.1 Å². The lowest BCUT2D eigenvalue weighted by molar-refractivity contribution is 0.397. The Morgan fingerprint density at radius 3 is 2.47 bits per heavy atom. The quantitative estimate of drug-likeness (QED) is 0.894. The van der Waals surface area contributed by atoms with E-state index >= 15 is 0 Å². The van der Waals surface area contributed by atoms with Crippen LogP contribution >= 0.6 is 0 Å². The third-order valence-electron chi connectivity index (χ3n) is 2.85. The van der Waals surface area contributed by atoms with Crippen LogP contribution in [0.1, 0.15) is 18.5 Å². The molecule has 0 saturated heterocycles. The van der Waals surface area contributed by atoms with Gasteiger partial charge in [-0.1, -0.05) is 0 Å². The maximum absolute atomic E-state index is 5.38. The Morgan fingerprint density at radius 2 is 1.84 bits per heavy atom. The zero-order valence-corrected chi connectivity index (χ0v) is 11.3. The van der Waals surface area contributed by atoms with E-state index < -0.39 is 0 Å². The standard InChI is InChI=1S/C14H17N3O2/c1-10(17-11-7-15-9-16-8-11)13-6-12(18-2)4-5-14(13)19-3/h4-10,17H,1-3H3. The molecule has 0 amide bonds. The van der Waals surface area contributed by atoms with Gasteiger partial charge in [0.15, 0.2) is 0 Å². The Kier molecular flexibility index (Phi) is 4.18. The van der Waals surface area contributed by atoms with E-state index in [0.29, 0.717) is 0 Å². The first-order valence-electron chi connectivity index (χ1n) is 5.98. The van der Waals surface area contributed by atoms with Crippen LogP contribution in [0, 0.1) is 0 Å². The minimum absolute atomic E-state index is 0.0519. The first-order valence-corrected chi connectivity index (χ1v) is 5.98. The minimum atomic E-state index is 0.0519. The molecule has 0 aliphatic rings. The van der Waals surface area contributed by atoms with Crippen LogP contribution in [0.4, 0.5) is 5.69 Å². The van der Waals surface area contributed by atoms with Crippen LogP contribution in [-0.4, -0.2) is 24.2 Å². The van der Waals surface area contributed by atoms with Gasteiger partial charge in [-0.3, -0.25) is 0 Å². The topological polar surface area (TPSA) is 56.3 Å². The van der Waals surface area contributed by atoms with Crippen LogP contribution in [0.25, 0.3) is 0 Å². The number of nitrogens with zero attached hydrogens (tertiary/aromatic N) is 2. The van der Waals surface area contributed by atoms with Gasteiger partial charge >= 0.3 is 0 Å². The molecule has 1 N–H and O–H groups in total. The van der Waals surface area contributed by atoms with E-state index in [4.69, 9.17) is 9.47 Å². The largest absolute Gasteiger partial charge is 0.497 e. The van der Waals surface area contributed by atoms with Crippen LogP contribution in [0.2, 0.25) is 0 Å². The number of benzene rings is 1. The summed E-state index contributed by atoms with van der Waals surface area (Å²) in [6.07, 6.45) is 4.97. The minimum Gasteiger partial charge on any atom is -0.497 e. The highest BCUT2D eigenvalue weighted by atomic mass is 16.5. The Hall–Kier alpha value is -2.30. The van der Waals surface area contributed by atoms with Gasteiger partial charge in [0.2, 0.25) is 0 Å². The number of nitrogens with one attached hydrogen (secondary N) is 1.